The van der Waals surface area contributed by atoms with Crippen molar-refractivity contribution in [2.24, 2.45) is 0 Å². The van der Waals surface area contributed by atoms with E-state index in [2.05, 4.69) is 10.1 Å². The van der Waals surface area contributed by atoms with E-state index in [1.54, 1.807) is 29.9 Å². The number of esters is 1. The summed E-state index contributed by atoms with van der Waals surface area (Å²) in [4.78, 5) is 16.6. The highest BCUT2D eigenvalue weighted by atomic mass is 16.5. The molecule has 0 N–H and O–H groups in total. The second kappa shape index (κ2) is 5.13. The van der Waals surface area contributed by atoms with Crippen molar-refractivity contribution in [2.45, 2.75) is 6.92 Å². The van der Waals surface area contributed by atoms with Crippen molar-refractivity contribution in [1.82, 2.24) is 14.6 Å². The molecule has 0 bridgehead atoms. The van der Waals surface area contributed by atoms with Crippen LogP contribution in [0.4, 0.5) is 0 Å². The van der Waals surface area contributed by atoms with Crippen LogP contribution in [-0.2, 0) is 4.74 Å². The summed E-state index contributed by atoms with van der Waals surface area (Å²) in [5.74, 6) is -0.392. The molecule has 0 atom stereocenters. The minimum atomic E-state index is -0.392. The summed E-state index contributed by atoms with van der Waals surface area (Å²) in [6.45, 7) is 2.10. The van der Waals surface area contributed by atoms with Crippen LogP contribution in [0.1, 0.15) is 17.3 Å². The maximum absolute atomic E-state index is 12.1. The third kappa shape index (κ3) is 2.14. The Labute approximate surface area is 115 Å². The Morgan fingerprint density at radius 3 is 2.80 bits per heavy atom. The van der Waals surface area contributed by atoms with Gasteiger partial charge in [-0.15, -0.1) is 0 Å². The summed E-state index contributed by atoms with van der Waals surface area (Å²) < 4.78 is 6.66. The normalized spacial score (nSPS) is 10.7. The van der Waals surface area contributed by atoms with Crippen LogP contribution in [0.2, 0.25) is 0 Å². The molecule has 0 aliphatic carbocycles. The lowest BCUT2D eigenvalue weighted by Gasteiger charge is -2.09. The molecule has 0 saturated carbocycles. The number of hydrogen-bond donors (Lipinski definition) is 0. The van der Waals surface area contributed by atoms with Crippen molar-refractivity contribution in [1.29, 1.82) is 0 Å². The van der Waals surface area contributed by atoms with Crippen LogP contribution in [0, 0.1) is 0 Å². The fourth-order valence-corrected chi connectivity index (χ4v) is 2.03. The molecule has 3 rings (SSSR count). The molecule has 20 heavy (non-hydrogen) atoms. The van der Waals surface area contributed by atoms with Gasteiger partial charge in [-0.3, -0.25) is 0 Å². The second-order valence-electron chi connectivity index (χ2n) is 4.22. The fraction of sp³-hybridized carbons (Fsp3) is 0.133. The van der Waals surface area contributed by atoms with Crippen molar-refractivity contribution in [3.63, 3.8) is 0 Å². The maximum atomic E-state index is 12.1. The first kappa shape index (κ1) is 12.3. The van der Waals surface area contributed by atoms with Crippen LogP contribution in [0.5, 0.6) is 0 Å². The molecule has 2 heterocycles. The smallest absolute Gasteiger partial charge is 0.341 e. The highest BCUT2D eigenvalue weighted by Gasteiger charge is 2.17. The Hall–Kier alpha value is -2.69. The van der Waals surface area contributed by atoms with Crippen molar-refractivity contribution in [2.75, 3.05) is 6.61 Å². The van der Waals surface area contributed by atoms with E-state index in [9.17, 15) is 4.79 Å². The van der Waals surface area contributed by atoms with Gasteiger partial charge < -0.3 is 4.74 Å². The van der Waals surface area contributed by atoms with E-state index in [4.69, 9.17) is 4.74 Å². The third-order valence-corrected chi connectivity index (χ3v) is 2.92. The van der Waals surface area contributed by atoms with Crippen LogP contribution in [0.3, 0.4) is 0 Å². The first-order chi connectivity index (χ1) is 9.79. The summed E-state index contributed by atoms with van der Waals surface area (Å²) >= 11 is 0. The van der Waals surface area contributed by atoms with E-state index in [0.717, 1.165) is 5.56 Å². The zero-order valence-corrected chi connectivity index (χ0v) is 11.0. The van der Waals surface area contributed by atoms with Gasteiger partial charge in [0.2, 0.25) is 0 Å². The molecule has 0 fully saturated rings. The largest absolute Gasteiger partial charge is 0.462 e. The Kier molecular flexibility index (Phi) is 3.16. The molecule has 0 spiro atoms. The van der Waals surface area contributed by atoms with Gasteiger partial charge in [0, 0.05) is 17.8 Å². The lowest BCUT2D eigenvalue weighted by Crippen LogP contribution is -2.10. The summed E-state index contributed by atoms with van der Waals surface area (Å²) in [5.41, 5.74) is 2.59. The van der Waals surface area contributed by atoms with Crippen LogP contribution in [0.25, 0.3) is 16.9 Å². The summed E-state index contributed by atoms with van der Waals surface area (Å²) in [6.07, 6.45) is 3.30. The minimum Gasteiger partial charge on any atom is -0.462 e. The van der Waals surface area contributed by atoms with Crippen molar-refractivity contribution in [3.8, 4) is 11.3 Å². The van der Waals surface area contributed by atoms with Crippen LogP contribution < -0.4 is 0 Å². The first-order valence-corrected chi connectivity index (χ1v) is 6.36. The highest BCUT2D eigenvalue weighted by Crippen LogP contribution is 2.22. The summed E-state index contributed by atoms with van der Waals surface area (Å²) in [7, 11) is 0. The van der Waals surface area contributed by atoms with Gasteiger partial charge in [0.15, 0.2) is 5.65 Å². The Bertz CT molecular complexity index is 750. The molecule has 5 nitrogen and oxygen atoms in total. The number of aromatic nitrogens is 3. The van der Waals surface area contributed by atoms with Gasteiger partial charge in [0.1, 0.15) is 5.56 Å². The zero-order valence-electron chi connectivity index (χ0n) is 11.0. The number of carbonyl (C=O) groups excluding carboxylic acids is 1. The Morgan fingerprint density at radius 1 is 1.25 bits per heavy atom. The first-order valence-electron chi connectivity index (χ1n) is 6.36. The number of ether oxygens (including phenoxy) is 1. The van der Waals surface area contributed by atoms with Gasteiger partial charge in [0.05, 0.1) is 18.5 Å². The van der Waals surface area contributed by atoms with Crippen LogP contribution in [0.15, 0.2) is 48.8 Å². The average molecular weight is 267 g/mol. The molecule has 0 aliphatic rings. The van der Waals surface area contributed by atoms with E-state index in [1.807, 2.05) is 30.3 Å². The Morgan fingerprint density at radius 2 is 2.05 bits per heavy atom. The molecule has 2 aromatic heterocycles. The predicted molar refractivity (Wildman–Crippen MR) is 74.4 cm³/mol. The quantitative estimate of drug-likeness (QED) is 0.684. The van der Waals surface area contributed by atoms with Crippen LogP contribution in [-0.4, -0.2) is 27.2 Å². The number of nitrogens with zero attached hydrogens (tertiary/aromatic N) is 3. The number of carbonyl (C=O) groups is 1. The molecular weight excluding hydrogens is 254 g/mol. The summed E-state index contributed by atoms with van der Waals surface area (Å²) in [5, 5.41) is 4.10. The number of benzene rings is 1. The van der Waals surface area contributed by atoms with Gasteiger partial charge in [0.25, 0.3) is 0 Å². The lowest BCUT2D eigenvalue weighted by atomic mass is 10.1. The van der Waals surface area contributed by atoms with E-state index in [-0.39, 0.29) is 0 Å². The average Bonchev–Trinajstić information content (AvgIpc) is 2.94. The standard InChI is InChI=1S/C15H13N3O2/c1-2-20-15(19)12-10-18-13(8-9-16-18)17-14(12)11-6-4-3-5-7-11/h3-10H,2H2,1H3. The maximum Gasteiger partial charge on any atom is 0.341 e. The van der Waals surface area contributed by atoms with Crippen molar-refractivity contribution < 1.29 is 9.53 Å². The number of hydrogen-bond acceptors (Lipinski definition) is 4. The van der Waals surface area contributed by atoms with E-state index in [1.165, 1.54) is 0 Å². The molecule has 0 unspecified atom stereocenters. The molecule has 3 aromatic rings. The Balaban J connectivity index is 2.21. The minimum absolute atomic E-state index is 0.324. The predicted octanol–water partition coefficient (Wildman–Crippen LogP) is 2.57. The van der Waals surface area contributed by atoms with Crippen molar-refractivity contribution in [3.05, 3.63) is 54.4 Å². The van der Waals surface area contributed by atoms with Gasteiger partial charge >= 0.3 is 5.97 Å². The van der Waals surface area contributed by atoms with E-state index in [0.29, 0.717) is 23.5 Å². The van der Waals surface area contributed by atoms with E-state index < -0.39 is 5.97 Å². The number of rotatable bonds is 3. The number of fused-ring (bicyclic) bond motifs is 1. The summed E-state index contributed by atoms with van der Waals surface area (Å²) in [6, 6.07) is 11.4. The third-order valence-electron chi connectivity index (χ3n) is 2.92. The SMILES string of the molecule is CCOC(=O)c1cn2nccc2nc1-c1ccccc1. The van der Waals surface area contributed by atoms with Gasteiger partial charge in [-0.05, 0) is 6.92 Å². The second-order valence-corrected chi connectivity index (χ2v) is 4.22. The van der Waals surface area contributed by atoms with Crippen LogP contribution >= 0.6 is 0 Å². The molecule has 1 aromatic carbocycles. The highest BCUT2D eigenvalue weighted by molar-refractivity contribution is 5.96. The van der Waals surface area contributed by atoms with Gasteiger partial charge in [-0.1, -0.05) is 30.3 Å². The van der Waals surface area contributed by atoms with Gasteiger partial charge in [-0.2, -0.15) is 5.10 Å². The topological polar surface area (TPSA) is 56.5 Å². The molecular formula is C15H13N3O2. The molecule has 0 radical (unpaired) electrons. The molecule has 0 aliphatic heterocycles. The monoisotopic (exact) mass is 267 g/mol. The van der Waals surface area contributed by atoms with Gasteiger partial charge in [-0.25, -0.2) is 14.3 Å². The molecule has 5 heteroatoms. The molecule has 0 saturated heterocycles. The molecule has 0 amide bonds. The van der Waals surface area contributed by atoms with E-state index >= 15 is 0 Å². The lowest BCUT2D eigenvalue weighted by molar-refractivity contribution is 0.0526. The molecule has 100 valence electrons. The fourth-order valence-electron chi connectivity index (χ4n) is 2.03. The zero-order chi connectivity index (χ0) is 13.9. The van der Waals surface area contributed by atoms with Crippen molar-refractivity contribution >= 4 is 11.6 Å².